The van der Waals surface area contributed by atoms with E-state index in [1.54, 1.807) is 0 Å². The zero-order valence-corrected chi connectivity index (χ0v) is 6.78. The summed E-state index contributed by atoms with van der Waals surface area (Å²) in [5.74, 6) is 0. The maximum atomic E-state index is 8.34. The normalized spacial score (nSPS) is 0.750. The van der Waals surface area contributed by atoms with Crippen molar-refractivity contribution in [3.05, 3.63) is 0 Å². The van der Waals surface area contributed by atoms with Gasteiger partial charge in [0.1, 0.15) is 0 Å². The van der Waals surface area contributed by atoms with Crippen LogP contribution in [0.1, 0.15) is 0 Å². The van der Waals surface area contributed by atoms with Crippen LogP contribution in [-0.2, 0) is 60.2 Å². The van der Waals surface area contributed by atoms with Crippen LogP contribution in [0.2, 0.25) is 0 Å². The molecule has 0 spiro atoms. The molecule has 0 aliphatic rings. The Labute approximate surface area is 81.6 Å². The Morgan fingerprint density at radius 2 is 1.25 bits per heavy atom. The zero-order chi connectivity index (χ0) is 2.00. The van der Waals surface area contributed by atoms with Crippen molar-refractivity contribution in [3.8, 4) is 0 Å². The minimum atomic E-state index is 0. The van der Waals surface area contributed by atoms with Crippen molar-refractivity contribution in [2.75, 3.05) is 0 Å². The van der Waals surface area contributed by atoms with E-state index in [4.69, 9.17) is 2.81 Å². The number of rotatable bonds is 0. The fourth-order valence-corrected chi connectivity index (χ4v) is 0. The molecule has 0 rings (SSSR count). The summed E-state index contributed by atoms with van der Waals surface area (Å²) in [4.78, 5) is 0. The molecule has 1 radical (unpaired) electrons. The van der Waals surface area contributed by atoms with Gasteiger partial charge in [0.05, 0.1) is 0 Å². The van der Waals surface area contributed by atoms with Crippen molar-refractivity contribution in [2.45, 2.75) is 0 Å². The minimum absolute atomic E-state index is 0. The van der Waals surface area contributed by atoms with Crippen LogP contribution >= 0.6 is 0 Å². The van der Waals surface area contributed by atoms with Gasteiger partial charge in [-0.2, -0.15) is 0 Å². The van der Waals surface area contributed by atoms with E-state index in [0.717, 1.165) is 0 Å². The predicted molar refractivity (Wildman–Crippen MR) is 9.23 cm³/mol. The van der Waals surface area contributed by atoms with Crippen LogP contribution in [0.4, 0.5) is 0 Å². The summed E-state index contributed by atoms with van der Waals surface area (Å²) in [6, 6.07) is 0. The molecule has 0 unspecified atom stereocenters. The summed E-state index contributed by atoms with van der Waals surface area (Å²) in [5.41, 5.74) is 0. The van der Waals surface area contributed by atoms with Crippen LogP contribution in [0.25, 0.3) is 0 Å². The first kappa shape index (κ1) is 16.0. The van der Waals surface area contributed by atoms with Gasteiger partial charge in [0, 0.05) is 32.7 Å². The number of hydrogen-bond donors (Lipinski definition) is 0. The van der Waals surface area contributed by atoms with Crippen LogP contribution in [0.3, 0.4) is 0 Å². The molecule has 17 valence electrons. The Balaban J connectivity index is -0.00000000500. The average Bonchev–Trinajstić information content (AvgIpc) is 1.00. The second-order valence-electron chi connectivity index (χ2n) is 0. The SMILES string of the molecule is [MgH2].[O]=[Zr].[Y]. The van der Waals surface area contributed by atoms with Gasteiger partial charge in [-0.3, -0.25) is 0 Å². The Morgan fingerprint density at radius 1 is 1.25 bits per heavy atom. The third-order valence-corrected chi connectivity index (χ3v) is 0. The third-order valence-electron chi connectivity index (χ3n) is 0. The molecule has 0 bridgehead atoms. The maximum Gasteiger partial charge on any atom is 0 e. The summed E-state index contributed by atoms with van der Waals surface area (Å²) in [6.45, 7) is 0. The van der Waals surface area contributed by atoms with Crippen molar-refractivity contribution >= 4 is 23.1 Å². The Morgan fingerprint density at radius 3 is 1.25 bits per heavy atom. The zero-order valence-electron chi connectivity index (χ0n) is 1.49. The van der Waals surface area contributed by atoms with Gasteiger partial charge in [-0.15, -0.1) is 0 Å². The van der Waals surface area contributed by atoms with Gasteiger partial charge in [-0.05, 0) is 0 Å². The first-order valence-corrected chi connectivity index (χ1v) is 1.21. The van der Waals surface area contributed by atoms with E-state index in [1.807, 2.05) is 0 Å². The standard InChI is InChI=1S/Mg.O.Y.Zr.2H. The molecule has 0 aliphatic heterocycles. The molecule has 0 atom stereocenters. The topological polar surface area (TPSA) is 17.1 Å². The van der Waals surface area contributed by atoms with Gasteiger partial charge in [-0.1, -0.05) is 0 Å². The van der Waals surface area contributed by atoms with E-state index in [9.17, 15) is 0 Å². The molecule has 0 fully saturated rings. The van der Waals surface area contributed by atoms with Gasteiger partial charge < -0.3 is 0 Å². The first-order valence-electron chi connectivity index (χ1n) is 0.204. The molecule has 0 heterocycles. The van der Waals surface area contributed by atoms with Crippen molar-refractivity contribution in [2.24, 2.45) is 0 Å². The average molecular weight is 222 g/mol. The maximum absolute atomic E-state index is 8.34. The smallest absolute Gasteiger partial charge is 0 e. The van der Waals surface area contributed by atoms with E-state index < -0.39 is 0 Å². The summed E-state index contributed by atoms with van der Waals surface area (Å²) in [6.07, 6.45) is 0. The summed E-state index contributed by atoms with van der Waals surface area (Å²) in [5, 5.41) is 0. The second kappa shape index (κ2) is 17.7. The number of hydrogen-bond acceptors (Lipinski definition) is 1. The Kier molecular flexibility index (Phi) is 70.7. The fourth-order valence-electron chi connectivity index (χ4n) is 0. The van der Waals surface area contributed by atoms with E-state index in [-0.39, 0.29) is 55.8 Å². The van der Waals surface area contributed by atoms with Crippen LogP contribution in [-0.4, -0.2) is 23.1 Å². The molecule has 0 saturated carbocycles. The molecule has 0 aromatic heterocycles. The minimum Gasteiger partial charge on any atom is 0 e. The monoisotopic (exact) mass is 221 g/mol. The molecule has 0 saturated heterocycles. The van der Waals surface area contributed by atoms with Gasteiger partial charge in [0.2, 0.25) is 0 Å². The largest absolute Gasteiger partial charge is 0 e. The molecule has 4 heteroatoms. The Bertz CT molecular complexity index is 8.00. The van der Waals surface area contributed by atoms with Gasteiger partial charge in [0.25, 0.3) is 0 Å². The molecule has 1 nitrogen and oxygen atoms in total. The quantitative estimate of drug-likeness (QED) is 0.479. The molecule has 0 aliphatic carbocycles. The molecular formula is H2MgOYZr. The van der Waals surface area contributed by atoms with Crippen LogP contribution in [0.5, 0.6) is 0 Å². The Hall–Kier alpha value is 2.55. The molecule has 0 aromatic rings. The van der Waals surface area contributed by atoms with Crippen LogP contribution in [0.15, 0.2) is 0 Å². The van der Waals surface area contributed by atoms with E-state index in [2.05, 4.69) is 0 Å². The van der Waals surface area contributed by atoms with Crippen LogP contribution in [0, 0.1) is 0 Å². The first-order chi connectivity index (χ1) is 1.00. The molecule has 0 amide bonds. The molecule has 0 aromatic carbocycles. The predicted octanol–water partition coefficient (Wildman–Crippen LogP) is -1.04. The van der Waals surface area contributed by atoms with Gasteiger partial charge in [-0.25, -0.2) is 0 Å². The van der Waals surface area contributed by atoms with Crippen molar-refractivity contribution in [3.63, 3.8) is 0 Å². The third kappa shape index (κ3) is 8.82. The second-order valence-corrected chi connectivity index (χ2v) is 0. The summed E-state index contributed by atoms with van der Waals surface area (Å²) >= 11 is 0.300. The fraction of sp³-hybridized carbons (Fsp3) is 0. The van der Waals surface area contributed by atoms with Crippen molar-refractivity contribution in [1.82, 2.24) is 0 Å². The van der Waals surface area contributed by atoms with E-state index in [0.29, 0.717) is 24.7 Å². The van der Waals surface area contributed by atoms with Crippen LogP contribution < -0.4 is 0 Å². The van der Waals surface area contributed by atoms with Gasteiger partial charge >= 0.3 is 50.6 Å². The van der Waals surface area contributed by atoms with E-state index in [1.165, 1.54) is 0 Å². The van der Waals surface area contributed by atoms with E-state index >= 15 is 0 Å². The summed E-state index contributed by atoms with van der Waals surface area (Å²) in [7, 11) is 0. The van der Waals surface area contributed by atoms with Crippen molar-refractivity contribution < 1.29 is 60.2 Å². The molecule has 4 heavy (non-hydrogen) atoms. The van der Waals surface area contributed by atoms with Gasteiger partial charge in [0.15, 0.2) is 0 Å². The molecule has 0 N–H and O–H groups in total. The molecular weight excluding hydrogens is 220 g/mol. The summed E-state index contributed by atoms with van der Waals surface area (Å²) < 4.78 is 8.34. The van der Waals surface area contributed by atoms with Crippen molar-refractivity contribution in [1.29, 1.82) is 0 Å².